The number of aromatic nitrogens is 1. The molecule has 4 N–H and O–H groups in total. The van der Waals surface area contributed by atoms with Gasteiger partial charge in [-0.3, -0.25) is 19.4 Å². The van der Waals surface area contributed by atoms with Gasteiger partial charge >= 0.3 is 23.9 Å². The summed E-state index contributed by atoms with van der Waals surface area (Å²) in [6.45, 7) is 6.55. The molecule has 368 valence electrons. The van der Waals surface area contributed by atoms with Gasteiger partial charge in [0.25, 0.3) is 0 Å². The lowest BCUT2D eigenvalue weighted by Gasteiger charge is -2.63. The van der Waals surface area contributed by atoms with Crippen LogP contribution in [0.3, 0.4) is 0 Å². The molecule has 6 heterocycles. The molecule has 1 spiro atoms. The highest BCUT2D eigenvalue weighted by atomic mass is 19.3. The Morgan fingerprint density at radius 3 is 2.30 bits per heavy atom. The van der Waals surface area contributed by atoms with Crippen LogP contribution in [0.25, 0.3) is 10.9 Å². The molecule has 1 saturated carbocycles. The fraction of sp³-hybridized carbons (Fsp3) is 0.500. The molecule has 2 bridgehead atoms. The Hall–Kier alpha value is -6.04. The topological polar surface area (TPSA) is 191 Å². The number of likely N-dealkylation sites (N-methyl/N-ethyl adjacent to an activating group) is 1. The van der Waals surface area contributed by atoms with Crippen molar-refractivity contribution in [1.29, 1.82) is 0 Å². The van der Waals surface area contributed by atoms with Crippen molar-refractivity contribution in [2.45, 2.75) is 93.5 Å². The highest BCUT2D eigenvalue weighted by molar-refractivity contribution is 5.95. The molecule has 1 aromatic heterocycles. The van der Waals surface area contributed by atoms with E-state index < -0.39 is 69.7 Å². The first kappa shape index (κ1) is 48.0. The number of rotatable bonds is 8. The summed E-state index contributed by atoms with van der Waals surface area (Å²) in [4.78, 5) is 62.7. The number of carboxylic acids is 1. The van der Waals surface area contributed by atoms with Crippen LogP contribution in [0.5, 0.6) is 11.5 Å². The number of hydrogen-bond acceptors (Lipinski definition) is 13. The first-order valence-corrected chi connectivity index (χ1v) is 23.4. The van der Waals surface area contributed by atoms with E-state index in [-0.39, 0.29) is 42.7 Å². The van der Waals surface area contributed by atoms with Crippen molar-refractivity contribution in [2.75, 3.05) is 59.5 Å². The van der Waals surface area contributed by atoms with Crippen molar-refractivity contribution in [3.8, 4) is 11.5 Å². The van der Waals surface area contributed by atoms with Crippen molar-refractivity contribution in [2.24, 2.45) is 17.3 Å². The number of methoxy groups -OCH3 is 3. The molecule has 3 fully saturated rings. The lowest BCUT2D eigenvalue weighted by molar-refractivity contribution is -0.228. The summed E-state index contributed by atoms with van der Waals surface area (Å²) in [6.07, 6.45) is 4.04. The van der Waals surface area contributed by atoms with Crippen molar-refractivity contribution in [1.82, 2.24) is 14.8 Å². The Balaban J connectivity index is 0.000000529. The fourth-order valence-electron chi connectivity index (χ4n) is 13.8. The molecule has 4 aromatic rings. The molecule has 1 unspecified atom stereocenters. The number of esters is 3. The van der Waals surface area contributed by atoms with Gasteiger partial charge in [0.2, 0.25) is 11.5 Å². The number of fused-ring (bicyclic) bond motifs is 6. The lowest BCUT2D eigenvalue weighted by atomic mass is 9.47. The zero-order chi connectivity index (χ0) is 49.6. The minimum absolute atomic E-state index is 0.0741. The van der Waals surface area contributed by atoms with Crippen molar-refractivity contribution in [3.63, 3.8) is 0 Å². The Bertz CT molecular complexity index is 2740. The Morgan fingerprint density at radius 2 is 1.67 bits per heavy atom. The molecule has 69 heavy (non-hydrogen) atoms. The quantitative estimate of drug-likeness (QED) is 0.0891. The van der Waals surface area contributed by atoms with Gasteiger partial charge in [0.15, 0.2) is 6.10 Å². The summed E-state index contributed by atoms with van der Waals surface area (Å²) in [5.41, 5.74) is -1.46. The van der Waals surface area contributed by atoms with E-state index in [2.05, 4.69) is 14.8 Å². The molecule has 10 rings (SSSR count). The number of aromatic carboxylic acids is 1. The van der Waals surface area contributed by atoms with E-state index in [0.717, 1.165) is 29.0 Å². The molecule has 15 nitrogen and oxygen atoms in total. The average Bonchev–Trinajstić information content (AvgIpc) is 3.98. The number of halogens is 2. The van der Waals surface area contributed by atoms with E-state index in [1.807, 2.05) is 67.4 Å². The molecule has 5 aliphatic heterocycles. The maximum atomic E-state index is 15.3. The number of carbonyl (C=O) groups is 4. The van der Waals surface area contributed by atoms with E-state index in [4.69, 9.17) is 29.2 Å². The molecular formula is C52H60F2N4O11. The number of aromatic hydroxyl groups is 1. The highest BCUT2D eigenvalue weighted by Gasteiger charge is 2.80. The van der Waals surface area contributed by atoms with Gasteiger partial charge in [0.05, 0.1) is 32.9 Å². The largest absolute Gasteiger partial charge is 0.508 e. The number of alkyl halides is 2. The number of phenols is 1. The van der Waals surface area contributed by atoms with Crippen LogP contribution >= 0.6 is 0 Å². The Morgan fingerprint density at radius 1 is 0.957 bits per heavy atom. The molecule has 6 aliphatic rings. The Labute approximate surface area is 398 Å². The highest BCUT2D eigenvalue weighted by Crippen LogP contribution is 2.68. The van der Waals surface area contributed by atoms with Gasteiger partial charge in [-0.25, -0.2) is 18.4 Å². The first-order valence-electron chi connectivity index (χ1n) is 23.4. The molecule has 2 saturated heterocycles. The lowest BCUT2D eigenvalue weighted by Crippen LogP contribution is -2.81. The van der Waals surface area contributed by atoms with Gasteiger partial charge in [-0.05, 0) is 92.6 Å². The number of hydrogen-bond donors (Lipinski definition) is 4. The zero-order valence-electron chi connectivity index (χ0n) is 39.9. The van der Waals surface area contributed by atoms with Gasteiger partial charge in [0.1, 0.15) is 16.9 Å². The molecule has 1 aliphatic carbocycles. The van der Waals surface area contributed by atoms with E-state index in [9.17, 15) is 19.5 Å². The smallest absolute Gasteiger partial charge is 0.344 e. The van der Waals surface area contributed by atoms with Crippen molar-refractivity contribution >= 4 is 40.5 Å². The molecule has 3 aromatic carbocycles. The number of phenolic OH excluding ortho intramolecular Hbond substituents is 1. The summed E-state index contributed by atoms with van der Waals surface area (Å²) >= 11 is 0. The predicted molar refractivity (Wildman–Crippen MR) is 249 cm³/mol. The van der Waals surface area contributed by atoms with Gasteiger partial charge in [-0.15, -0.1) is 0 Å². The van der Waals surface area contributed by atoms with Gasteiger partial charge in [-0.2, -0.15) is 0 Å². The maximum Gasteiger partial charge on any atom is 0.344 e. The SMILES string of the molecule is CC[C@]12C=CCN3CC[C@@]4(c5cc([C@@]6(C(=O)OC)C[C@H]7C[C@@H](C(C)(F)F)CN(Cc8c6[nH]c6ccccc86)C7)c(OC)cc5N(C)[C@H]4[C@@](O)(C(=O)OC)[C@@H]1OC(C)=O)[C@@H]32.O=C(O)c1ccc(O)cc1. The standard InChI is InChI=1S/C45H54F2N4O8.C7H6O3/c1-8-42-14-11-16-51-17-15-43(36(42)51)30-19-31(34(56-5)20-33(30)49(4)37(43)45(55,40(54)58-7)38(42)59-25(2)52)44(39(53)57-6)21-26-18-27(41(3,46)47)23-50(22-26)24-29-28-12-9-10-13-32(28)48-35(29)44;8-6-3-1-5(2-4-6)7(9)10/h9-14,19-20,26-27,36-38,48,55H,8,15-18,21-24H2,1-7H3;1-4,8H,(H,9,10)/t26-,27-,36+,37-,38-,42-,43-,44+,45+;/m1./s1. The maximum absolute atomic E-state index is 15.3. The molecular weight excluding hydrogens is 895 g/mol. The molecule has 0 amide bonds. The van der Waals surface area contributed by atoms with Crippen LogP contribution < -0.4 is 9.64 Å². The average molecular weight is 955 g/mol. The number of anilines is 1. The number of para-hydroxylation sites is 1. The van der Waals surface area contributed by atoms with E-state index in [1.54, 1.807) is 0 Å². The third-order valence-corrected chi connectivity index (χ3v) is 16.4. The van der Waals surface area contributed by atoms with Crippen LogP contribution in [0, 0.1) is 17.3 Å². The number of nitrogens with one attached hydrogen (secondary N) is 1. The third-order valence-electron chi connectivity index (χ3n) is 16.4. The fourth-order valence-corrected chi connectivity index (χ4v) is 13.8. The van der Waals surface area contributed by atoms with E-state index in [0.29, 0.717) is 61.7 Å². The predicted octanol–water partition coefficient (Wildman–Crippen LogP) is 6.17. The molecule has 0 radical (unpaired) electrons. The normalized spacial score (nSPS) is 31.9. The van der Waals surface area contributed by atoms with E-state index in [1.165, 1.54) is 52.5 Å². The van der Waals surface area contributed by atoms with Crippen LogP contribution in [0.2, 0.25) is 0 Å². The summed E-state index contributed by atoms with van der Waals surface area (Å²) in [7, 11) is 5.94. The Kier molecular flexibility index (Phi) is 11.9. The van der Waals surface area contributed by atoms with Crippen LogP contribution in [-0.2, 0) is 46.0 Å². The number of piperidine rings is 1. The number of carboxylic acid groups (broad SMARTS) is 1. The summed E-state index contributed by atoms with van der Waals surface area (Å²) in [5, 5.41) is 31.3. The number of benzene rings is 3. The number of H-pyrrole nitrogens is 1. The van der Waals surface area contributed by atoms with Crippen LogP contribution in [-0.4, -0.2) is 138 Å². The van der Waals surface area contributed by atoms with Crippen LogP contribution in [0.15, 0.2) is 72.8 Å². The monoisotopic (exact) mass is 954 g/mol. The van der Waals surface area contributed by atoms with E-state index >= 15 is 13.6 Å². The number of carbonyl (C=O) groups excluding carboxylic acids is 3. The van der Waals surface area contributed by atoms with Gasteiger partial charge in [-0.1, -0.05) is 37.3 Å². The zero-order valence-corrected chi connectivity index (χ0v) is 39.9. The summed E-state index contributed by atoms with van der Waals surface area (Å²) in [5.74, 6) is -6.83. The van der Waals surface area contributed by atoms with Crippen molar-refractivity contribution < 1.29 is 62.2 Å². The summed E-state index contributed by atoms with van der Waals surface area (Å²) < 4.78 is 54.3. The van der Waals surface area contributed by atoms with Crippen molar-refractivity contribution in [3.05, 3.63) is 101 Å². The second kappa shape index (κ2) is 17.1. The van der Waals surface area contributed by atoms with Gasteiger partial charge in [0, 0.05) is 96.9 Å². The first-order chi connectivity index (χ1) is 32.8. The van der Waals surface area contributed by atoms with Crippen LogP contribution in [0.4, 0.5) is 14.5 Å². The summed E-state index contributed by atoms with van der Waals surface area (Å²) in [6, 6.07) is 15.7. The van der Waals surface area contributed by atoms with Gasteiger partial charge < -0.3 is 44.2 Å². The van der Waals surface area contributed by atoms with Crippen LogP contribution in [0.1, 0.15) is 79.2 Å². The third kappa shape index (κ3) is 7.03. The number of ether oxygens (including phenoxy) is 4. The second-order valence-electron chi connectivity index (χ2n) is 19.9. The second-order valence-corrected chi connectivity index (χ2v) is 19.9. The minimum atomic E-state index is -2.94. The molecule has 17 heteroatoms. The number of aliphatic hydroxyl groups is 1. The number of aromatic amines is 1. The number of nitrogens with zero attached hydrogens (tertiary/aromatic N) is 3. The molecule has 10 atom stereocenters. The minimum Gasteiger partial charge on any atom is -0.508 e.